The van der Waals surface area contributed by atoms with Gasteiger partial charge in [-0.05, 0) is 36.6 Å². The molecule has 0 fully saturated rings. The number of carbonyl (C=O) groups is 1. The molecule has 0 aromatic heterocycles. The predicted octanol–water partition coefficient (Wildman–Crippen LogP) is 3.12. The maximum atomic E-state index is 12.5. The molecule has 0 aliphatic carbocycles. The summed E-state index contributed by atoms with van der Waals surface area (Å²) in [5.41, 5.74) is 0.565. The number of hydrogen-bond acceptors (Lipinski definition) is 2. The molecule has 17 heavy (non-hydrogen) atoms. The lowest BCUT2D eigenvalue weighted by Crippen LogP contribution is -2.07. The number of aryl methyl sites for hydroxylation is 2. The molecule has 1 rings (SSSR count). The van der Waals surface area contributed by atoms with Gasteiger partial charge in [-0.25, -0.2) is 0 Å². The van der Waals surface area contributed by atoms with Gasteiger partial charge in [0.1, 0.15) is 0 Å². The van der Waals surface area contributed by atoms with Gasteiger partial charge in [0.15, 0.2) is 0 Å². The van der Waals surface area contributed by atoms with Gasteiger partial charge in [0.25, 0.3) is 0 Å². The van der Waals surface area contributed by atoms with Crippen LogP contribution in [0.5, 0.6) is 0 Å². The van der Waals surface area contributed by atoms with Crippen LogP contribution in [0.2, 0.25) is 0 Å². The minimum absolute atomic E-state index is 0.0820. The molecule has 0 spiro atoms. The minimum atomic E-state index is -4.35. The van der Waals surface area contributed by atoms with Crippen LogP contribution in [0.3, 0.4) is 0 Å². The van der Waals surface area contributed by atoms with E-state index in [1.807, 2.05) is 0 Å². The lowest BCUT2D eigenvalue weighted by Gasteiger charge is -2.11. The monoisotopic (exact) mass is 246 g/mol. The van der Waals surface area contributed by atoms with E-state index >= 15 is 0 Å². The van der Waals surface area contributed by atoms with Crippen molar-refractivity contribution in [1.82, 2.24) is 0 Å². The lowest BCUT2D eigenvalue weighted by molar-refractivity contribution is -0.140. The number of methoxy groups -OCH3 is 1. The van der Waals surface area contributed by atoms with E-state index in [1.165, 1.54) is 13.2 Å². The average Bonchev–Trinajstić information content (AvgIpc) is 2.26. The Hall–Kier alpha value is -1.52. The summed E-state index contributed by atoms with van der Waals surface area (Å²) in [6.45, 7) is 1.72. The fourth-order valence-electron chi connectivity index (χ4n) is 1.46. The summed E-state index contributed by atoms with van der Waals surface area (Å²) in [4.78, 5) is 10.9. The van der Waals surface area contributed by atoms with E-state index in [0.29, 0.717) is 5.56 Å². The Bertz CT molecular complexity index is 411. The van der Waals surface area contributed by atoms with E-state index in [0.717, 1.165) is 17.7 Å². The summed E-state index contributed by atoms with van der Waals surface area (Å²) in [6, 6.07) is 3.53. The Morgan fingerprint density at radius 3 is 2.53 bits per heavy atom. The molecule has 0 unspecified atom stereocenters. The van der Waals surface area contributed by atoms with Crippen LogP contribution in [-0.2, 0) is 22.1 Å². The smallest absolute Gasteiger partial charge is 0.416 e. The number of hydrogen-bond donors (Lipinski definition) is 0. The highest BCUT2D eigenvalue weighted by atomic mass is 19.4. The third-order valence-corrected chi connectivity index (χ3v) is 2.50. The van der Waals surface area contributed by atoms with Crippen LogP contribution in [0.15, 0.2) is 18.2 Å². The van der Waals surface area contributed by atoms with E-state index < -0.39 is 17.7 Å². The highest BCUT2D eigenvalue weighted by Gasteiger charge is 2.30. The summed E-state index contributed by atoms with van der Waals surface area (Å²) in [7, 11) is 1.25. The van der Waals surface area contributed by atoms with Crippen LogP contribution in [-0.4, -0.2) is 13.1 Å². The second-order valence-electron chi connectivity index (χ2n) is 3.72. The standard InChI is InChI=1S/C12H13F3O2/c1-8-3-5-10(12(13,14)15)7-9(8)4-6-11(16)17-2/h3,5,7H,4,6H2,1-2H3. The van der Waals surface area contributed by atoms with Crippen molar-refractivity contribution in [3.05, 3.63) is 34.9 Å². The first-order chi connectivity index (χ1) is 7.84. The van der Waals surface area contributed by atoms with Crippen LogP contribution in [0.25, 0.3) is 0 Å². The van der Waals surface area contributed by atoms with Crippen LogP contribution in [0.4, 0.5) is 13.2 Å². The maximum Gasteiger partial charge on any atom is 0.416 e. The molecular weight excluding hydrogens is 233 g/mol. The van der Waals surface area contributed by atoms with Crippen LogP contribution in [0.1, 0.15) is 23.1 Å². The topological polar surface area (TPSA) is 26.3 Å². The number of rotatable bonds is 3. The number of esters is 1. The molecule has 1 aromatic rings. The molecule has 0 aliphatic heterocycles. The van der Waals surface area contributed by atoms with Gasteiger partial charge in [-0.15, -0.1) is 0 Å². The van der Waals surface area contributed by atoms with E-state index in [-0.39, 0.29) is 12.8 Å². The summed E-state index contributed by atoms with van der Waals surface area (Å²) in [5, 5.41) is 0. The highest BCUT2D eigenvalue weighted by molar-refractivity contribution is 5.69. The zero-order valence-corrected chi connectivity index (χ0v) is 9.60. The third kappa shape index (κ3) is 3.76. The van der Waals surface area contributed by atoms with Crippen molar-refractivity contribution in [3.63, 3.8) is 0 Å². The fourth-order valence-corrected chi connectivity index (χ4v) is 1.46. The molecule has 1 aromatic carbocycles. The second-order valence-corrected chi connectivity index (χ2v) is 3.72. The van der Waals surface area contributed by atoms with Crippen LogP contribution < -0.4 is 0 Å². The lowest BCUT2D eigenvalue weighted by atomic mass is 10.0. The summed E-state index contributed by atoms with van der Waals surface area (Å²) in [6.07, 6.45) is -4.02. The maximum absolute atomic E-state index is 12.5. The van der Waals surface area contributed by atoms with E-state index in [2.05, 4.69) is 4.74 Å². The molecule has 0 aliphatic rings. The van der Waals surface area contributed by atoms with Crippen molar-refractivity contribution < 1.29 is 22.7 Å². The zero-order chi connectivity index (χ0) is 13.1. The first kappa shape index (κ1) is 13.5. The van der Waals surface area contributed by atoms with Crippen molar-refractivity contribution in [2.75, 3.05) is 7.11 Å². The van der Waals surface area contributed by atoms with Gasteiger partial charge in [0.05, 0.1) is 12.7 Å². The summed E-state index contributed by atoms with van der Waals surface area (Å²) in [5.74, 6) is -0.429. The van der Waals surface area contributed by atoms with Gasteiger partial charge in [-0.2, -0.15) is 13.2 Å². The minimum Gasteiger partial charge on any atom is -0.469 e. The molecule has 0 amide bonds. The normalized spacial score (nSPS) is 11.4. The van der Waals surface area contributed by atoms with Crippen LogP contribution >= 0.6 is 0 Å². The summed E-state index contributed by atoms with van der Waals surface area (Å²) < 4.78 is 41.9. The Balaban J connectivity index is 2.88. The largest absolute Gasteiger partial charge is 0.469 e. The van der Waals surface area contributed by atoms with E-state index in [1.54, 1.807) is 6.92 Å². The molecule has 2 nitrogen and oxygen atoms in total. The van der Waals surface area contributed by atoms with Crippen LogP contribution in [0, 0.1) is 6.92 Å². The Labute approximate surface area is 97.4 Å². The van der Waals surface area contributed by atoms with Crippen molar-refractivity contribution in [1.29, 1.82) is 0 Å². The molecule has 0 bridgehead atoms. The Morgan fingerprint density at radius 2 is 2.00 bits per heavy atom. The summed E-state index contributed by atoms with van der Waals surface area (Å²) >= 11 is 0. The molecular formula is C12H13F3O2. The van der Waals surface area contributed by atoms with Gasteiger partial charge in [-0.3, -0.25) is 4.79 Å². The molecule has 0 saturated carbocycles. The van der Waals surface area contributed by atoms with Gasteiger partial charge < -0.3 is 4.74 Å². The molecule has 94 valence electrons. The highest BCUT2D eigenvalue weighted by Crippen LogP contribution is 2.30. The molecule has 0 radical (unpaired) electrons. The second kappa shape index (κ2) is 5.21. The molecule has 0 atom stereocenters. The SMILES string of the molecule is COC(=O)CCc1cc(C(F)(F)F)ccc1C. The number of alkyl halides is 3. The van der Waals surface area contributed by atoms with E-state index in [9.17, 15) is 18.0 Å². The van der Waals surface area contributed by atoms with Crippen molar-refractivity contribution in [2.24, 2.45) is 0 Å². The van der Waals surface area contributed by atoms with Gasteiger partial charge in [0, 0.05) is 6.42 Å². The first-order valence-electron chi connectivity index (χ1n) is 5.08. The quantitative estimate of drug-likeness (QED) is 0.766. The van der Waals surface area contributed by atoms with Crippen molar-refractivity contribution >= 4 is 5.97 Å². The van der Waals surface area contributed by atoms with Crippen molar-refractivity contribution in [3.8, 4) is 0 Å². The Morgan fingerprint density at radius 1 is 1.35 bits per heavy atom. The van der Waals surface area contributed by atoms with E-state index in [4.69, 9.17) is 0 Å². The van der Waals surface area contributed by atoms with Crippen molar-refractivity contribution in [2.45, 2.75) is 25.9 Å². The van der Waals surface area contributed by atoms with Gasteiger partial charge in [-0.1, -0.05) is 6.07 Å². The first-order valence-corrected chi connectivity index (χ1v) is 5.08. The van der Waals surface area contributed by atoms with Gasteiger partial charge >= 0.3 is 12.1 Å². The third-order valence-electron chi connectivity index (χ3n) is 2.50. The molecule has 0 heterocycles. The number of halogens is 3. The molecule has 0 N–H and O–H groups in total. The number of benzene rings is 1. The molecule has 0 saturated heterocycles. The predicted molar refractivity (Wildman–Crippen MR) is 56.5 cm³/mol. The Kier molecular flexibility index (Phi) is 4.15. The number of carbonyl (C=O) groups excluding carboxylic acids is 1. The zero-order valence-electron chi connectivity index (χ0n) is 9.60. The number of ether oxygens (including phenoxy) is 1. The fraction of sp³-hybridized carbons (Fsp3) is 0.417. The average molecular weight is 246 g/mol. The van der Waals surface area contributed by atoms with Gasteiger partial charge in [0.2, 0.25) is 0 Å². The molecule has 5 heteroatoms.